The van der Waals surface area contributed by atoms with Gasteiger partial charge in [-0.05, 0) is 32.3 Å². The van der Waals surface area contributed by atoms with Gasteiger partial charge in [-0.1, -0.05) is 49.1 Å². The number of nitrogens with zero attached hydrogens (tertiary/aromatic N) is 2. The lowest BCUT2D eigenvalue weighted by Crippen LogP contribution is -2.41. The summed E-state index contributed by atoms with van der Waals surface area (Å²) in [6.45, 7) is 7.06. The topological polar surface area (TPSA) is 51.0 Å². The molecule has 1 unspecified atom stereocenters. The number of hydrogen-bond acceptors (Lipinski definition) is 4. The summed E-state index contributed by atoms with van der Waals surface area (Å²) in [6.07, 6.45) is 6.47. The summed E-state index contributed by atoms with van der Waals surface area (Å²) >= 11 is 0. The zero-order valence-corrected chi connectivity index (χ0v) is 14.4. The van der Waals surface area contributed by atoms with Crippen molar-refractivity contribution in [3.8, 4) is 0 Å². The maximum Gasteiger partial charge on any atom is 0.233 e. The van der Waals surface area contributed by atoms with Crippen molar-refractivity contribution in [2.75, 3.05) is 6.54 Å². The van der Waals surface area contributed by atoms with Crippen molar-refractivity contribution in [1.82, 2.24) is 15.5 Å². The van der Waals surface area contributed by atoms with Crippen LogP contribution in [0.25, 0.3) is 0 Å². The fraction of sp³-hybridized carbons (Fsp3) is 0.579. The quantitative estimate of drug-likeness (QED) is 0.897. The summed E-state index contributed by atoms with van der Waals surface area (Å²) in [7, 11) is 0. The number of benzene rings is 1. The molecular weight excluding hydrogens is 286 g/mol. The number of aromatic nitrogens is 2. The van der Waals surface area contributed by atoms with Crippen molar-refractivity contribution >= 4 is 0 Å². The summed E-state index contributed by atoms with van der Waals surface area (Å²) < 4.78 is 5.56. The van der Waals surface area contributed by atoms with Crippen LogP contribution < -0.4 is 5.32 Å². The lowest BCUT2D eigenvalue weighted by Gasteiger charge is -2.39. The van der Waals surface area contributed by atoms with E-state index in [1.807, 2.05) is 6.92 Å². The molecule has 1 aliphatic rings. The molecule has 0 spiro atoms. The molecule has 0 saturated heterocycles. The maximum atomic E-state index is 5.56. The minimum atomic E-state index is 0.0832. The third-order valence-electron chi connectivity index (χ3n) is 5.10. The van der Waals surface area contributed by atoms with Crippen LogP contribution in [0.5, 0.6) is 0 Å². The lowest BCUT2D eigenvalue weighted by atomic mass is 9.69. The normalized spacial score (nSPS) is 18.7. The van der Waals surface area contributed by atoms with Crippen molar-refractivity contribution in [3.05, 3.63) is 47.2 Å². The van der Waals surface area contributed by atoms with Gasteiger partial charge in [0.25, 0.3) is 0 Å². The Bertz CT molecular complexity index is 644. The minimum Gasteiger partial charge on any atom is -0.424 e. The molecule has 0 radical (unpaired) electrons. The number of rotatable bonds is 5. The molecule has 3 rings (SSSR count). The van der Waals surface area contributed by atoms with Crippen LogP contribution >= 0.6 is 0 Å². The highest BCUT2D eigenvalue weighted by Gasteiger charge is 2.34. The molecule has 4 nitrogen and oxygen atoms in total. The second kappa shape index (κ2) is 6.83. The van der Waals surface area contributed by atoms with Gasteiger partial charge in [-0.3, -0.25) is 0 Å². The van der Waals surface area contributed by atoms with Gasteiger partial charge in [0.1, 0.15) is 0 Å². The fourth-order valence-electron chi connectivity index (χ4n) is 3.69. The van der Waals surface area contributed by atoms with Crippen molar-refractivity contribution < 1.29 is 4.42 Å². The van der Waals surface area contributed by atoms with Crippen molar-refractivity contribution in [3.63, 3.8) is 0 Å². The predicted molar refractivity (Wildman–Crippen MR) is 91.4 cm³/mol. The standard InChI is InChI=1S/C19H27N3O/c1-14-8-7-9-17(12-14)19(10-5-4-6-11-19)13-20-15(2)18-22-21-16(3)23-18/h7-9,12,15,20H,4-6,10-11,13H2,1-3H3. The molecule has 23 heavy (non-hydrogen) atoms. The summed E-state index contributed by atoms with van der Waals surface area (Å²) in [4.78, 5) is 0. The molecule has 0 aliphatic heterocycles. The van der Waals surface area contributed by atoms with Gasteiger partial charge in [-0.25, -0.2) is 0 Å². The first-order valence-corrected chi connectivity index (χ1v) is 8.70. The van der Waals surface area contributed by atoms with Crippen LogP contribution in [0.1, 0.15) is 68.0 Å². The molecule has 1 aromatic heterocycles. The average molecular weight is 313 g/mol. The minimum absolute atomic E-state index is 0.0832. The summed E-state index contributed by atoms with van der Waals surface area (Å²) in [5.74, 6) is 1.30. The van der Waals surface area contributed by atoms with Gasteiger partial charge >= 0.3 is 0 Å². The maximum absolute atomic E-state index is 5.56. The van der Waals surface area contributed by atoms with Crippen LogP contribution in [0.15, 0.2) is 28.7 Å². The molecule has 1 atom stereocenters. The third kappa shape index (κ3) is 3.63. The second-order valence-corrected chi connectivity index (χ2v) is 6.97. The SMILES string of the molecule is Cc1cccc(C2(CNC(C)c3nnc(C)o3)CCCCC2)c1. The van der Waals surface area contributed by atoms with E-state index < -0.39 is 0 Å². The third-order valence-corrected chi connectivity index (χ3v) is 5.10. The molecule has 1 aromatic carbocycles. The van der Waals surface area contributed by atoms with E-state index in [-0.39, 0.29) is 11.5 Å². The highest BCUT2D eigenvalue weighted by molar-refractivity contribution is 5.30. The van der Waals surface area contributed by atoms with E-state index in [1.165, 1.54) is 43.2 Å². The van der Waals surface area contributed by atoms with E-state index in [0.717, 1.165) is 6.54 Å². The Hall–Kier alpha value is -1.68. The first kappa shape index (κ1) is 16.2. The largest absolute Gasteiger partial charge is 0.424 e. The zero-order chi connectivity index (χ0) is 16.3. The van der Waals surface area contributed by atoms with Gasteiger partial charge in [-0.2, -0.15) is 0 Å². The number of hydrogen-bond donors (Lipinski definition) is 1. The van der Waals surface area contributed by atoms with E-state index in [0.29, 0.717) is 11.8 Å². The first-order valence-electron chi connectivity index (χ1n) is 8.70. The van der Waals surface area contributed by atoms with Gasteiger partial charge < -0.3 is 9.73 Å². The Balaban J connectivity index is 1.77. The summed E-state index contributed by atoms with van der Waals surface area (Å²) in [5, 5.41) is 11.7. The smallest absolute Gasteiger partial charge is 0.233 e. The van der Waals surface area contributed by atoms with Crippen LogP contribution in [0, 0.1) is 13.8 Å². The number of nitrogens with one attached hydrogen (secondary N) is 1. The highest BCUT2D eigenvalue weighted by Crippen LogP contribution is 2.39. The van der Waals surface area contributed by atoms with E-state index in [9.17, 15) is 0 Å². The van der Waals surface area contributed by atoms with E-state index in [4.69, 9.17) is 4.42 Å². The average Bonchev–Trinajstić information content (AvgIpc) is 3.00. The predicted octanol–water partition coefficient (Wildman–Crippen LogP) is 4.24. The van der Waals surface area contributed by atoms with Gasteiger partial charge in [0, 0.05) is 18.9 Å². The second-order valence-electron chi connectivity index (χ2n) is 6.97. The summed E-state index contributed by atoms with van der Waals surface area (Å²) in [6, 6.07) is 9.10. The van der Waals surface area contributed by atoms with Gasteiger partial charge in [-0.15, -0.1) is 10.2 Å². The molecule has 1 N–H and O–H groups in total. The molecular formula is C19H27N3O. The van der Waals surface area contributed by atoms with Gasteiger partial charge in [0.05, 0.1) is 6.04 Å². The highest BCUT2D eigenvalue weighted by atomic mass is 16.4. The Morgan fingerprint density at radius 1 is 1.17 bits per heavy atom. The van der Waals surface area contributed by atoms with Crippen LogP contribution in [-0.2, 0) is 5.41 Å². The Kier molecular flexibility index (Phi) is 4.81. The molecule has 2 aromatic rings. The van der Waals surface area contributed by atoms with Crippen molar-refractivity contribution in [1.29, 1.82) is 0 Å². The Morgan fingerprint density at radius 3 is 2.61 bits per heavy atom. The molecule has 1 aliphatic carbocycles. The molecule has 1 saturated carbocycles. The van der Waals surface area contributed by atoms with Crippen LogP contribution in [-0.4, -0.2) is 16.7 Å². The molecule has 0 bridgehead atoms. The van der Waals surface area contributed by atoms with Crippen molar-refractivity contribution in [2.24, 2.45) is 0 Å². The first-order chi connectivity index (χ1) is 11.1. The molecule has 124 valence electrons. The fourth-order valence-corrected chi connectivity index (χ4v) is 3.69. The van der Waals surface area contributed by atoms with E-state index in [2.05, 4.69) is 53.6 Å². The Labute approximate surface area is 138 Å². The van der Waals surface area contributed by atoms with Gasteiger partial charge in [0.2, 0.25) is 11.8 Å². The Morgan fingerprint density at radius 2 is 1.96 bits per heavy atom. The monoisotopic (exact) mass is 313 g/mol. The molecule has 4 heteroatoms. The molecule has 1 heterocycles. The lowest BCUT2D eigenvalue weighted by molar-refractivity contribution is 0.264. The van der Waals surface area contributed by atoms with Gasteiger partial charge in [0.15, 0.2) is 0 Å². The van der Waals surface area contributed by atoms with E-state index in [1.54, 1.807) is 0 Å². The van der Waals surface area contributed by atoms with Crippen LogP contribution in [0.2, 0.25) is 0 Å². The van der Waals surface area contributed by atoms with Crippen molar-refractivity contribution in [2.45, 2.75) is 64.3 Å². The van der Waals surface area contributed by atoms with Crippen LogP contribution in [0.4, 0.5) is 0 Å². The zero-order valence-electron chi connectivity index (χ0n) is 14.4. The van der Waals surface area contributed by atoms with Crippen LogP contribution in [0.3, 0.4) is 0 Å². The molecule has 1 fully saturated rings. The summed E-state index contributed by atoms with van der Waals surface area (Å²) in [5.41, 5.74) is 3.04. The van der Waals surface area contributed by atoms with E-state index >= 15 is 0 Å². The molecule has 0 amide bonds. The number of aryl methyl sites for hydroxylation is 2.